The van der Waals surface area contributed by atoms with E-state index in [-0.39, 0.29) is 25.9 Å². The molecule has 0 saturated heterocycles. The first-order valence-corrected chi connectivity index (χ1v) is 11.4. The molecule has 2 rings (SSSR count). The number of thiophene rings is 1. The maximum absolute atomic E-state index is 14.3. The largest absolute Gasteiger partial charge is 0.492 e. The van der Waals surface area contributed by atoms with Crippen LogP contribution in [0.4, 0.5) is 22.0 Å². The first-order valence-electron chi connectivity index (χ1n) is 8.17. The lowest BCUT2D eigenvalue weighted by molar-refractivity contribution is -0.136. The lowest BCUT2D eigenvalue weighted by atomic mass is 10.1. The average molecular weight is 540 g/mol. The molecule has 0 aliphatic rings. The molecule has 0 aliphatic heterocycles. The Kier molecular flexibility index (Phi) is 7.25. The van der Waals surface area contributed by atoms with Gasteiger partial charge in [-0.3, -0.25) is 9.36 Å². The topological polar surface area (TPSA) is 87.1 Å². The number of ether oxygens (including phenoxy) is 1. The summed E-state index contributed by atoms with van der Waals surface area (Å²) >= 11 is 3.22. The predicted molar refractivity (Wildman–Crippen MR) is 104 cm³/mol. The summed E-state index contributed by atoms with van der Waals surface area (Å²) in [4.78, 5) is 30.6. The highest BCUT2D eigenvalue weighted by atomic mass is 79.9. The van der Waals surface area contributed by atoms with Crippen molar-refractivity contribution in [3.63, 3.8) is 0 Å². The summed E-state index contributed by atoms with van der Waals surface area (Å²) in [5, 5.41) is 0.0154. The summed E-state index contributed by atoms with van der Waals surface area (Å²) in [5.41, 5.74) is -4.52. The summed E-state index contributed by atoms with van der Waals surface area (Å²) in [5.74, 6) is -0.670. The molecule has 1 aromatic carbocycles. The van der Waals surface area contributed by atoms with Gasteiger partial charge in [0.2, 0.25) is 0 Å². The van der Waals surface area contributed by atoms with Crippen molar-refractivity contribution in [1.82, 2.24) is 4.90 Å². The fourth-order valence-electron chi connectivity index (χ4n) is 2.41. The van der Waals surface area contributed by atoms with Gasteiger partial charge >= 0.3 is 19.4 Å². The third kappa shape index (κ3) is 5.31. The molecule has 1 amide bonds. The molecular formula is C16H16BrF5NO5PS. The molecule has 6 nitrogen and oxygen atoms in total. The van der Waals surface area contributed by atoms with Crippen molar-refractivity contribution < 1.29 is 45.8 Å². The minimum Gasteiger partial charge on any atom is -0.492 e. The van der Waals surface area contributed by atoms with Crippen molar-refractivity contribution in [1.29, 1.82) is 0 Å². The second kappa shape index (κ2) is 8.70. The number of hydrogen-bond acceptors (Lipinski definition) is 4. The highest BCUT2D eigenvalue weighted by Gasteiger charge is 2.53. The van der Waals surface area contributed by atoms with Crippen LogP contribution < -0.4 is 4.74 Å². The Bertz CT molecular complexity index is 1000. The lowest BCUT2D eigenvalue weighted by Gasteiger charge is -2.16. The highest BCUT2D eigenvalue weighted by molar-refractivity contribution is 9.10. The zero-order valence-electron chi connectivity index (χ0n) is 15.5. The molecule has 0 bridgehead atoms. The van der Waals surface area contributed by atoms with E-state index in [9.17, 15) is 31.3 Å². The van der Waals surface area contributed by atoms with Crippen molar-refractivity contribution in [2.75, 3.05) is 20.7 Å². The van der Waals surface area contributed by atoms with Crippen LogP contribution in [0, 0.1) is 0 Å². The molecule has 2 N–H and O–H groups in total. The van der Waals surface area contributed by atoms with E-state index in [1.54, 1.807) is 0 Å². The van der Waals surface area contributed by atoms with Crippen LogP contribution in [0.5, 0.6) is 5.75 Å². The summed E-state index contributed by atoms with van der Waals surface area (Å²) in [6.45, 7) is -0.409. The van der Waals surface area contributed by atoms with Gasteiger partial charge in [0.1, 0.15) is 10.6 Å². The minimum atomic E-state index is -5.87. The first-order chi connectivity index (χ1) is 13.6. The van der Waals surface area contributed by atoms with Gasteiger partial charge < -0.3 is 19.4 Å². The monoisotopic (exact) mass is 539 g/mol. The molecule has 0 fully saturated rings. The SMILES string of the molecule is CN(C)C(=O)c1cc(OCCCC(F)(F)F)c2sc(C(F)(F)P(=O)(O)O)c(Br)c2c1. The number of hydrogen-bond donors (Lipinski definition) is 2. The Balaban J connectivity index is 2.58. The molecule has 0 atom stereocenters. The number of rotatable bonds is 7. The second-order valence-corrected chi connectivity index (χ2v) is 9.91. The van der Waals surface area contributed by atoms with Crippen LogP contribution in [-0.4, -0.2) is 47.5 Å². The van der Waals surface area contributed by atoms with Gasteiger partial charge in [0.05, 0.1) is 11.3 Å². The third-order valence-corrected chi connectivity index (χ3v) is 7.33. The number of carbonyl (C=O) groups is 1. The standard InChI is InChI=1S/C16H16BrF5NO5PS/c1-23(2)14(24)8-6-9-11(17)13(16(21,22)29(25,26)27)30-12(9)10(7-8)28-5-3-4-15(18,19)20/h6-7H,3-5H2,1-2H3,(H2,25,26,27). The Morgan fingerprint density at radius 1 is 1.23 bits per heavy atom. The fraction of sp³-hybridized carbons (Fsp3) is 0.438. The fourth-order valence-corrected chi connectivity index (χ4v) is 5.38. The Hall–Kier alpha value is -1.27. The van der Waals surface area contributed by atoms with Gasteiger partial charge in [0.25, 0.3) is 5.91 Å². The number of alkyl halides is 5. The smallest absolute Gasteiger partial charge is 0.400 e. The van der Waals surface area contributed by atoms with Crippen molar-refractivity contribution in [2.45, 2.75) is 24.7 Å². The van der Waals surface area contributed by atoms with Crippen LogP contribution in [0.2, 0.25) is 0 Å². The second-order valence-electron chi connectivity index (χ2n) is 6.45. The molecule has 1 aromatic heterocycles. The number of halogens is 6. The first kappa shape index (κ1) is 25.0. The molecule has 0 unspecified atom stereocenters. The van der Waals surface area contributed by atoms with Gasteiger partial charge in [-0.25, -0.2) is 0 Å². The van der Waals surface area contributed by atoms with Gasteiger partial charge in [-0.1, -0.05) is 0 Å². The minimum absolute atomic E-state index is 0.00265. The molecule has 0 saturated carbocycles. The molecular weight excluding hydrogens is 524 g/mol. The Labute approximate surface area is 179 Å². The van der Waals surface area contributed by atoms with Crippen molar-refractivity contribution >= 4 is 50.9 Å². The molecule has 0 spiro atoms. The van der Waals surface area contributed by atoms with E-state index in [0.717, 1.165) is 0 Å². The van der Waals surface area contributed by atoms with Gasteiger partial charge in [-0.05, 0) is 34.5 Å². The van der Waals surface area contributed by atoms with Crippen LogP contribution in [0.25, 0.3) is 10.1 Å². The average Bonchev–Trinajstić information content (AvgIpc) is 2.93. The molecule has 2 aromatic rings. The third-order valence-electron chi connectivity index (χ3n) is 3.85. The molecule has 14 heteroatoms. The number of nitrogens with zero attached hydrogens (tertiary/aromatic N) is 1. The van der Waals surface area contributed by atoms with E-state index in [0.29, 0.717) is 11.3 Å². The van der Waals surface area contributed by atoms with Crippen LogP contribution in [0.15, 0.2) is 16.6 Å². The number of fused-ring (bicyclic) bond motifs is 1. The number of carbonyl (C=O) groups excluding carboxylic acids is 1. The maximum atomic E-state index is 14.3. The molecule has 168 valence electrons. The van der Waals surface area contributed by atoms with Gasteiger partial charge in [-0.2, -0.15) is 22.0 Å². The summed E-state index contributed by atoms with van der Waals surface area (Å²) < 4.78 is 81.8. The van der Waals surface area contributed by atoms with Gasteiger partial charge in [0.15, 0.2) is 0 Å². The Morgan fingerprint density at radius 3 is 2.33 bits per heavy atom. The number of benzene rings is 1. The Morgan fingerprint density at radius 2 is 1.83 bits per heavy atom. The number of amides is 1. The van der Waals surface area contributed by atoms with Crippen LogP contribution in [-0.2, 0) is 10.2 Å². The van der Waals surface area contributed by atoms with Gasteiger partial charge in [0, 0.05) is 35.9 Å². The molecule has 0 aliphatic carbocycles. The van der Waals surface area contributed by atoms with Crippen molar-refractivity contribution in [3.05, 3.63) is 27.0 Å². The van der Waals surface area contributed by atoms with E-state index in [2.05, 4.69) is 15.9 Å². The van der Waals surface area contributed by atoms with E-state index >= 15 is 0 Å². The maximum Gasteiger partial charge on any atom is 0.400 e. The highest BCUT2D eigenvalue weighted by Crippen LogP contribution is 2.63. The lowest BCUT2D eigenvalue weighted by Crippen LogP contribution is -2.21. The van der Waals surface area contributed by atoms with E-state index < -0.39 is 49.7 Å². The van der Waals surface area contributed by atoms with Crippen LogP contribution in [0.3, 0.4) is 0 Å². The summed E-state index contributed by atoms with van der Waals surface area (Å²) in [7, 11) is -3.00. The van der Waals surface area contributed by atoms with E-state index in [1.807, 2.05) is 0 Å². The van der Waals surface area contributed by atoms with E-state index in [1.165, 1.54) is 31.1 Å². The van der Waals surface area contributed by atoms with Crippen LogP contribution >= 0.6 is 34.9 Å². The molecule has 30 heavy (non-hydrogen) atoms. The van der Waals surface area contributed by atoms with Crippen molar-refractivity contribution in [3.8, 4) is 5.75 Å². The zero-order chi connectivity index (χ0) is 23.1. The normalized spacial score (nSPS) is 13.0. The molecule has 0 radical (unpaired) electrons. The zero-order valence-corrected chi connectivity index (χ0v) is 18.8. The summed E-state index contributed by atoms with van der Waals surface area (Å²) in [6.07, 6.45) is -5.93. The predicted octanol–water partition coefficient (Wildman–Crippen LogP) is 5.31. The summed E-state index contributed by atoms with van der Waals surface area (Å²) in [6, 6.07) is 2.43. The van der Waals surface area contributed by atoms with E-state index in [4.69, 9.17) is 14.5 Å². The van der Waals surface area contributed by atoms with Crippen molar-refractivity contribution in [2.24, 2.45) is 0 Å². The molecule has 1 heterocycles. The quantitative estimate of drug-likeness (QED) is 0.283. The van der Waals surface area contributed by atoms with Crippen LogP contribution in [0.1, 0.15) is 28.1 Å². The van der Waals surface area contributed by atoms with Gasteiger partial charge in [-0.15, -0.1) is 11.3 Å².